The molecule has 1 N–H and O–H groups in total. The highest BCUT2D eigenvalue weighted by Crippen LogP contribution is 2.23. The van der Waals surface area contributed by atoms with Crippen molar-refractivity contribution in [1.82, 2.24) is 10.2 Å². The van der Waals surface area contributed by atoms with Gasteiger partial charge in [0.05, 0.1) is 11.9 Å². The lowest BCUT2D eigenvalue weighted by Gasteiger charge is -2.34. The molecule has 0 aliphatic heterocycles. The van der Waals surface area contributed by atoms with Crippen molar-refractivity contribution in [2.24, 2.45) is 0 Å². The third-order valence-corrected chi connectivity index (χ3v) is 9.65. The molecule has 0 saturated heterocycles. The minimum atomic E-state index is -3.55. The maximum atomic E-state index is 14.0. The quantitative estimate of drug-likeness (QED) is 0.229. The SMILES string of the molecule is Cc1cccc(N(CCCC(=O)N(Cc2ccc(Br)cc2)C(Cc2ccccc2)C(=O)NC2CCCCC2)S(C)(=O)=O)c1. The van der Waals surface area contributed by atoms with Crippen LogP contribution in [-0.2, 0) is 32.6 Å². The molecule has 2 amide bonds. The molecule has 1 aliphatic carbocycles. The lowest BCUT2D eigenvalue weighted by atomic mass is 9.94. The largest absolute Gasteiger partial charge is 0.352 e. The van der Waals surface area contributed by atoms with E-state index in [1.54, 1.807) is 11.0 Å². The van der Waals surface area contributed by atoms with Crippen LogP contribution < -0.4 is 9.62 Å². The predicted molar refractivity (Wildman–Crippen MR) is 176 cm³/mol. The van der Waals surface area contributed by atoms with Crippen molar-refractivity contribution in [3.05, 3.63) is 100 Å². The number of sulfonamides is 1. The van der Waals surface area contributed by atoms with Crippen LogP contribution in [0.3, 0.4) is 0 Å². The Hall–Kier alpha value is -3.17. The van der Waals surface area contributed by atoms with Crippen molar-refractivity contribution in [3.63, 3.8) is 0 Å². The number of carbonyl (C=O) groups is 2. The molecule has 1 unspecified atom stereocenters. The van der Waals surface area contributed by atoms with Gasteiger partial charge in [-0.3, -0.25) is 13.9 Å². The molecule has 7 nitrogen and oxygen atoms in total. The topological polar surface area (TPSA) is 86.8 Å². The molecule has 1 aliphatic rings. The van der Waals surface area contributed by atoms with Crippen molar-refractivity contribution >= 4 is 43.5 Å². The first-order valence-corrected chi connectivity index (χ1v) is 17.7. The molecule has 0 bridgehead atoms. The molecule has 1 fully saturated rings. The molecule has 4 rings (SSSR count). The Morgan fingerprint density at radius 1 is 0.930 bits per heavy atom. The Morgan fingerprint density at radius 2 is 1.63 bits per heavy atom. The van der Waals surface area contributed by atoms with Gasteiger partial charge in [0.1, 0.15) is 6.04 Å². The number of hydrogen-bond donors (Lipinski definition) is 1. The molecular formula is C34H42BrN3O4S. The highest BCUT2D eigenvalue weighted by Gasteiger charge is 2.32. The number of hydrogen-bond acceptors (Lipinski definition) is 4. The number of nitrogens with one attached hydrogen (secondary N) is 1. The molecule has 0 heterocycles. The van der Waals surface area contributed by atoms with Crippen molar-refractivity contribution in [2.75, 3.05) is 17.1 Å². The summed E-state index contributed by atoms with van der Waals surface area (Å²) >= 11 is 3.48. The van der Waals surface area contributed by atoms with Gasteiger partial charge in [0.15, 0.2) is 0 Å². The molecule has 1 atom stereocenters. The molecule has 9 heteroatoms. The highest BCUT2D eigenvalue weighted by molar-refractivity contribution is 9.10. The Kier molecular flexibility index (Phi) is 11.8. The standard InChI is InChI=1S/C34H42BrN3O4S/c1-26-11-9-16-31(23-26)38(43(2,41)42)22-10-17-33(39)37(25-28-18-20-29(35)21-19-28)32(24-27-12-5-3-6-13-27)34(40)36-30-14-7-4-8-15-30/h3,5-6,9,11-13,16,18-21,23,30,32H,4,7-8,10,14-15,17,22,24-25H2,1-2H3,(H,36,40). The normalized spacial score (nSPS) is 14.6. The van der Waals surface area contributed by atoms with Gasteiger partial charge in [0.25, 0.3) is 0 Å². The first kappa shape index (κ1) is 32.7. The summed E-state index contributed by atoms with van der Waals surface area (Å²) in [6, 6.07) is 24.3. The number of rotatable bonds is 13. The number of benzene rings is 3. The Labute approximate surface area is 264 Å². The third-order valence-electron chi connectivity index (χ3n) is 7.93. The van der Waals surface area contributed by atoms with E-state index in [0.29, 0.717) is 18.5 Å². The third kappa shape index (κ3) is 9.93. The molecule has 3 aromatic carbocycles. The van der Waals surface area contributed by atoms with Crippen LogP contribution in [0.4, 0.5) is 5.69 Å². The van der Waals surface area contributed by atoms with Gasteiger partial charge in [-0.1, -0.05) is 89.8 Å². The predicted octanol–water partition coefficient (Wildman–Crippen LogP) is 6.39. The van der Waals surface area contributed by atoms with E-state index >= 15 is 0 Å². The Morgan fingerprint density at radius 3 is 2.28 bits per heavy atom. The molecule has 230 valence electrons. The van der Waals surface area contributed by atoms with E-state index in [0.717, 1.165) is 46.8 Å². The van der Waals surface area contributed by atoms with Crippen LogP contribution in [0.15, 0.2) is 83.3 Å². The fourth-order valence-corrected chi connectivity index (χ4v) is 6.89. The number of anilines is 1. The first-order valence-electron chi connectivity index (χ1n) is 15.0. The second-order valence-corrected chi connectivity index (χ2v) is 14.3. The van der Waals surface area contributed by atoms with Gasteiger partial charge in [0.2, 0.25) is 21.8 Å². The van der Waals surface area contributed by atoms with Gasteiger partial charge in [0, 0.05) is 36.4 Å². The minimum Gasteiger partial charge on any atom is -0.352 e. The molecule has 0 radical (unpaired) electrons. The number of nitrogens with zero attached hydrogens (tertiary/aromatic N) is 2. The van der Waals surface area contributed by atoms with Gasteiger partial charge in [-0.25, -0.2) is 8.42 Å². The first-order chi connectivity index (χ1) is 20.6. The van der Waals surface area contributed by atoms with Gasteiger partial charge >= 0.3 is 0 Å². The lowest BCUT2D eigenvalue weighted by Crippen LogP contribution is -2.52. The van der Waals surface area contributed by atoms with E-state index in [1.165, 1.54) is 17.0 Å². The number of halogens is 1. The van der Waals surface area contributed by atoms with Crippen molar-refractivity contribution in [1.29, 1.82) is 0 Å². The summed E-state index contributed by atoms with van der Waals surface area (Å²) in [5.41, 5.74) is 3.42. The average molecular weight is 669 g/mol. The van der Waals surface area contributed by atoms with Crippen molar-refractivity contribution < 1.29 is 18.0 Å². The van der Waals surface area contributed by atoms with E-state index in [1.807, 2.05) is 79.7 Å². The fourth-order valence-electron chi connectivity index (χ4n) is 5.67. The smallest absolute Gasteiger partial charge is 0.243 e. The van der Waals surface area contributed by atoms with Crippen LogP contribution in [0.2, 0.25) is 0 Å². The summed E-state index contributed by atoms with van der Waals surface area (Å²) < 4.78 is 27.7. The molecule has 0 spiro atoms. The Bertz CT molecular complexity index is 1460. The summed E-state index contributed by atoms with van der Waals surface area (Å²) in [4.78, 5) is 29.7. The molecular weight excluding hydrogens is 626 g/mol. The van der Waals surface area contributed by atoms with E-state index in [4.69, 9.17) is 0 Å². The molecule has 3 aromatic rings. The van der Waals surface area contributed by atoms with E-state index in [2.05, 4.69) is 21.2 Å². The van der Waals surface area contributed by atoms with Crippen LogP contribution in [0.5, 0.6) is 0 Å². The summed E-state index contributed by atoms with van der Waals surface area (Å²) in [6.07, 6.45) is 7.26. The summed E-state index contributed by atoms with van der Waals surface area (Å²) in [7, 11) is -3.55. The summed E-state index contributed by atoms with van der Waals surface area (Å²) in [5.74, 6) is -0.320. The van der Waals surface area contributed by atoms with E-state index < -0.39 is 16.1 Å². The van der Waals surface area contributed by atoms with Gasteiger partial charge < -0.3 is 10.2 Å². The maximum absolute atomic E-state index is 14.0. The van der Waals surface area contributed by atoms with Crippen LogP contribution in [-0.4, -0.2) is 50.0 Å². The summed E-state index contributed by atoms with van der Waals surface area (Å²) in [5, 5.41) is 3.26. The zero-order valence-electron chi connectivity index (χ0n) is 25.0. The second-order valence-electron chi connectivity index (χ2n) is 11.5. The minimum absolute atomic E-state index is 0.108. The van der Waals surface area contributed by atoms with Crippen LogP contribution >= 0.6 is 15.9 Å². The number of aryl methyl sites for hydroxylation is 1. The number of amides is 2. The van der Waals surface area contributed by atoms with Gasteiger partial charge in [-0.15, -0.1) is 0 Å². The van der Waals surface area contributed by atoms with Crippen LogP contribution in [0.1, 0.15) is 61.6 Å². The van der Waals surface area contributed by atoms with Crippen molar-refractivity contribution in [2.45, 2.75) is 76.9 Å². The van der Waals surface area contributed by atoms with E-state index in [9.17, 15) is 18.0 Å². The van der Waals surface area contributed by atoms with E-state index in [-0.39, 0.29) is 37.4 Å². The van der Waals surface area contributed by atoms with Crippen LogP contribution in [0, 0.1) is 6.92 Å². The lowest BCUT2D eigenvalue weighted by molar-refractivity contribution is -0.141. The average Bonchev–Trinajstić information content (AvgIpc) is 2.98. The van der Waals surface area contributed by atoms with Crippen molar-refractivity contribution in [3.8, 4) is 0 Å². The van der Waals surface area contributed by atoms with Gasteiger partial charge in [-0.05, 0) is 67.1 Å². The zero-order valence-corrected chi connectivity index (χ0v) is 27.4. The fraction of sp³-hybridized carbons (Fsp3) is 0.412. The monoisotopic (exact) mass is 667 g/mol. The summed E-state index contributed by atoms with van der Waals surface area (Å²) in [6.45, 7) is 2.35. The molecule has 0 aromatic heterocycles. The Balaban J connectivity index is 1.58. The molecule has 1 saturated carbocycles. The zero-order chi connectivity index (χ0) is 30.8. The second kappa shape index (κ2) is 15.5. The molecule has 43 heavy (non-hydrogen) atoms. The van der Waals surface area contributed by atoms with Gasteiger partial charge in [-0.2, -0.15) is 0 Å². The maximum Gasteiger partial charge on any atom is 0.243 e. The number of carbonyl (C=O) groups excluding carboxylic acids is 2. The highest BCUT2D eigenvalue weighted by atomic mass is 79.9. The van der Waals surface area contributed by atoms with Crippen LogP contribution in [0.25, 0.3) is 0 Å².